The molecule has 0 rings (SSSR count). The molecule has 0 saturated heterocycles. The summed E-state index contributed by atoms with van der Waals surface area (Å²) in [4.78, 5) is 3.67. The zero-order valence-corrected chi connectivity index (χ0v) is 6.29. The molecule has 0 spiro atoms. The van der Waals surface area contributed by atoms with Crippen molar-refractivity contribution in [1.29, 1.82) is 0 Å². The van der Waals surface area contributed by atoms with E-state index in [-0.39, 0.29) is 0 Å². The molecule has 58 valence electrons. The molecular weight excluding hydrogens is 130 g/mol. The third kappa shape index (κ3) is 3.77. The van der Waals surface area contributed by atoms with Crippen molar-refractivity contribution in [3.63, 3.8) is 0 Å². The van der Waals surface area contributed by atoms with Gasteiger partial charge in [0.25, 0.3) is 0 Å². The molecule has 0 aliphatic carbocycles. The number of rotatable bonds is 3. The topological polar surface area (TPSA) is 73.6 Å². The highest BCUT2D eigenvalue weighted by molar-refractivity contribution is 5.91. The summed E-state index contributed by atoms with van der Waals surface area (Å²) in [6, 6.07) is 0. The Morgan fingerprint density at radius 3 is 2.60 bits per heavy atom. The van der Waals surface area contributed by atoms with Gasteiger partial charge >= 0.3 is 0 Å². The molecule has 0 radical (unpaired) electrons. The predicted octanol–water partition coefficient (Wildman–Crippen LogP) is -0.190. The highest BCUT2D eigenvalue weighted by atomic mass is 16.5. The van der Waals surface area contributed by atoms with Crippen LogP contribution in [0, 0.1) is 0 Å². The van der Waals surface area contributed by atoms with Gasteiger partial charge in [0, 0.05) is 13.1 Å². The van der Waals surface area contributed by atoms with Crippen LogP contribution in [-0.2, 0) is 4.74 Å². The van der Waals surface area contributed by atoms with Gasteiger partial charge < -0.3 is 16.2 Å². The summed E-state index contributed by atoms with van der Waals surface area (Å²) in [6.07, 6.45) is 1.48. The van der Waals surface area contributed by atoms with E-state index in [1.165, 1.54) is 6.08 Å². The average Bonchev–Trinajstić information content (AvgIpc) is 1.88. The van der Waals surface area contributed by atoms with Crippen molar-refractivity contribution in [2.75, 3.05) is 13.7 Å². The molecule has 4 nitrogen and oxygen atoms in total. The molecule has 0 heterocycles. The SMILES string of the molecule is CCOC(N)=CC(N)=NC. The molecule has 0 amide bonds. The summed E-state index contributed by atoms with van der Waals surface area (Å²) in [7, 11) is 1.59. The number of hydrogen-bond donors (Lipinski definition) is 2. The molecule has 4 N–H and O–H groups in total. The fourth-order valence-corrected chi connectivity index (χ4v) is 0.419. The smallest absolute Gasteiger partial charge is 0.187 e. The molecule has 0 bridgehead atoms. The monoisotopic (exact) mass is 143 g/mol. The molecule has 0 aromatic rings. The van der Waals surface area contributed by atoms with Crippen LogP contribution in [0.3, 0.4) is 0 Å². The molecule has 0 saturated carbocycles. The van der Waals surface area contributed by atoms with Crippen molar-refractivity contribution in [3.8, 4) is 0 Å². The van der Waals surface area contributed by atoms with Crippen LogP contribution in [0.15, 0.2) is 17.0 Å². The predicted molar refractivity (Wildman–Crippen MR) is 41.4 cm³/mol. The maximum absolute atomic E-state index is 5.34. The molecule has 0 aromatic heterocycles. The van der Waals surface area contributed by atoms with Crippen molar-refractivity contribution in [2.24, 2.45) is 16.5 Å². The second-order valence-electron chi connectivity index (χ2n) is 1.63. The Kier molecular flexibility index (Phi) is 4.11. The van der Waals surface area contributed by atoms with Gasteiger partial charge in [-0.05, 0) is 6.92 Å². The Labute approximate surface area is 60.6 Å². The summed E-state index contributed by atoms with van der Waals surface area (Å²) in [6.45, 7) is 2.39. The van der Waals surface area contributed by atoms with Crippen LogP contribution in [0.1, 0.15) is 6.92 Å². The van der Waals surface area contributed by atoms with Gasteiger partial charge in [0.2, 0.25) is 0 Å². The zero-order chi connectivity index (χ0) is 7.98. The molecule has 0 fully saturated rings. The number of nitrogens with two attached hydrogens (primary N) is 2. The summed E-state index contributed by atoms with van der Waals surface area (Å²) >= 11 is 0. The molecule has 0 aromatic carbocycles. The van der Waals surface area contributed by atoms with Crippen molar-refractivity contribution in [1.82, 2.24) is 0 Å². The fourth-order valence-electron chi connectivity index (χ4n) is 0.419. The van der Waals surface area contributed by atoms with Gasteiger partial charge in [0.15, 0.2) is 5.88 Å². The number of amidine groups is 1. The lowest BCUT2D eigenvalue weighted by Gasteiger charge is -2.00. The number of nitrogens with zero attached hydrogens (tertiary/aromatic N) is 1. The largest absolute Gasteiger partial charge is 0.480 e. The van der Waals surface area contributed by atoms with Crippen LogP contribution in [-0.4, -0.2) is 19.5 Å². The third-order valence-electron chi connectivity index (χ3n) is 0.859. The van der Waals surface area contributed by atoms with Crippen molar-refractivity contribution >= 4 is 5.84 Å². The maximum Gasteiger partial charge on any atom is 0.187 e. The summed E-state index contributed by atoms with van der Waals surface area (Å²) < 4.78 is 4.89. The van der Waals surface area contributed by atoms with Crippen LogP contribution in [0.4, 0.5) is 0 Å². The first-order chi connectivity index (χ1) is 4.70. The minimum atomic E-state index is 0.297. The minimum absolute atomic E-state index is 0.297. The molecule has 0 unspecified atom stereocenters. The van der Waals surface area contributed by atoms with Crippen LogP contribution in [0.25, 0.3) is 0 Å². The first kappa shape index (κ1) is 8.81. The van der Waals surface area contributed by atoms with Crippen molar-refractivity contribution in [2.45, 2.75) is 6.92 Å². The molecule has 0 atom stereocenters. The van der Waals surface area contributed by atoms with Gasteiger partial charge in [-0.2, -0.15) is 0 Å². The van der Waals surface area contributed by atoms with Gasteiger partial charge in [-0.25, -0.2) is 0 Å². The highest BCUT2D eigenvalue weighted by Crippen LogP contribution is 1.85. The minimum Gasteiger partial charge on any atom is -0.480 e. The van der Waals surface area contributed by atoms with E-state index in [2.05, 4.69) is 4.99 Å². The summed E-state index contributed by atoms with van der Waals surface area (Å²) in [5.41, 5.74) is 10.7. The van der Waals surface area contributed by atoms with E-state index in [0.29, 0.717) is 18.3 Å². The highest BCUT2D eigenvalue weighted by Gasteiger charge is 1.88. The van der Waals surface area contributed by atoms with E-state index in [1.54, 1.807) is 7.05 Å². The fraction of sp³-hybridized carbons (Fsp3) is 0.500. The first-order valence-corrected chi connectivity index (χ1v) is 3.03. The second kappa shape index (κ2) is 4.67. The van der Waals surface area contributed by atoms with Crippen LogP contribution >= 0.6 is 0 Å². The van der Waals surface area contributed by atoms with Gasteiger partial charge in [-0.15, -0.1) is 0 Å². The summed E-state index contributed by atoms with van der Waals surface area (Å²) in [5.74, 6) is 0.663. The Bertz CT molecular complexity index is 151. The lowest BCUT2D eigenvalue weighted by atomic mass is 10.5. The molecule has 0 aliphatic rings. The summed E-state index contributed by atoms with van der Waals surface area (Å²) in [5, 5.41) is 0. The van der Waals surface area contributed by atoms with Gasteiger partial charge in [0.05, 0.1) is 6.61 Å². The maximum atomic E-state index is 5.34. The standard InChI is InChI=1S/C6H13N3O/c1-3-10-6(8)4-5(7)9-2/h4H,3,8H2,1-2H3,(H2,7,9). The van der Waals surface area contributed by atoms with E-state index in [9.17, 15) is 0 Å². The van der Waals surface area contributed by atoms with Crippen molar-refractivity contribution < 1.29 is 4.74 Å². The van der Waals surface area contributed by atoms with E-state index in [4.69, 9.17) is 16.2 Å². The van der Waals surface area contributed by atoms with Crippen LogP contribution < -0.4 is 11.5 Å². The second-order valence-corrected chi connectivity index (χ2v) is 1.63. The lowest BCUT2D eigenvalue weighted by Crippen LogP contribution is -2.12. The Hall–Kier alpha value is -1.19. The third-order valence-corrected chi connectivity index (χ3v) is 0.859. The molecule has 0 aliphatic heterocycles. The quantitative estimate of drug-likeness (QED) is 0.326. The van der Waals surface area contributed by atoms with E-state index in [0.717, 1.165) is 0 Å². The molecule has 4 heteroatoms. The van der Waals surface area contributed by atoms with Crippen LogP contribution in [0.2, 0.25) is 0 Å². The average molecular weight is 143 g/mol. The Morgan fingerprint density at radius 1 is 1.60 bits per heavy atom. The lowest BCUT2D eigenvalue weighted by molar-refractivity contribution is 0.227. The number of ether oxygens (including phenoxy) is 1. The van der Waals surface area contributed by atoms with Crippen LogP contribution in [0.5, 0.6) is 0 Å². The number of hydrogen-bond acceptors (Lipinski definition) is 3. The van der Waals surface area contributed by atoms with Gasteiger partial charge in [-0.1, -0.05) is 0 Å². The van der Waals surface area contributed by atoms with E-state index < -0.39 is 0 Å². The number of aliphatic imine (C=N–C) groups is 1. The van der Waals surface area contributed by atoms with Gasteiger partial charge in [-0.3, -0.25) is 4.99 Å². The zero-order valence-electron chi connectivity index (χ0n) is 6.29. The van der Waals surface area contributed by atoms with Gasteiger partial charge in [0.1, 0.15) is 5.84 Å². The Morgan fingerprint density at radius 2 is 2.20 bits per heavy atom. The molecular formula is C6H13N3O. The molecule has 10 heavy (non-hydrogen) atoms. The van der Waals surface area contributed by atoms with E-state index >= 15 is 0 Å². The first-order valence-electron chi connectivity index (χ1n) is 3.03. The van der Waals surface area contributed by atoms with Crippen molar-refractivity contribution in [3.05, 3.63) is 12.0 Å². The van der Waals surface area contributed by atoms with E-state index in [1.807, 2.05) is 6.92 Å². The Balaban J connectivity index is 3.90. The normalized spacial score (nSPS) is 13.4.